The van der Waals surface area contributed by atoms with Gasteiger partial charge >= 0.3 is 11.2 Å². The predicted molar refractivity (Wildman–Crippen MR) is 46.9 cm³/mol. The minimum Gasteiger partial charge on any atom is -0.741 e. The summed E-state index contributed by atoms with van der Waals surface area (Å²) in [7, 11) is -6.09. The molecule has 0 saturated carbocycles. The van der Waals surface area contributed by atoms with Crippen molar-refractivity contribution in [3.63, 3.8) is 0 Å². The van der Waals surface area contributed by atoms with Gasteiger partial charge in [0.2, 0.25) is 5.39 Å². The highest BCUT2D eigenvalue weighted by Gasteiger charge is 2.36. The van der Waals surface area contributed by atoms with Crippen LogP contribution in [0, 0.1) is 5.39 Å². The second kappa shape index (κ2) is 5.43. The number of nitrogens with zero attached hydrogens (tertiary/aromatic N) is 2. The first-order valence-corrected chi connectivity index (χ1v) is 5.01. The lowest BCUT2D eigenvalue weighted by Crippen LogP contribution is -2.21. The fraction of sp³-hybridized carbons (Fsp3) is 0.143. The average Bonchev–Trinajstić information content (AvgIpc) is 2.17. The molecule has 0 fully saturated rings. The Morgan fingerprint density at radius 1 is 1.19 bits per heavy atom. The van der Waals surface area contributed by atoms with Crippen LogP contribution in [0.15, 0.2) is 30.3 Å². The van der Waals surface area contributed by atoms with Crippen molar-refractivity contribution in [2.45, 2.75) is 5.51 Å². The Hall–Kier alpha value is -1.66. The zero-order valence-corrected chi connectivity index (χ0v) is 8.36. The molecule has 0 spiro atoms. The maximum atomic E-state index is 10.7. The van der Waals surface area contributed by atoms with Crippen LogP contribution in [-0.2, 0) is 10.1 Å². The smallest absolute Gasteiger partial charge is 0.485 e. The van der Waals surface area contributed by atoms with Gasteiger partial charge in [-0.3, -0.25) is 0 Å². The highest BCUT2D eigenvalue weighted by molar-refractivity contribution is 7.86. The second-order valence-electron chi connectivity index (χ2n) is 2.34. The monoisotopic (exact) mass is 254 g/mol. The molecule has 88 valence electrons. The minimum absolute atomic E-state index is 0.590. The van der Waals surface area contributed by atoms with Crippen LogP contribution in [0.2, 0.25) is 0 Å². The fourth-order valence-corrected chi connectivity index (χ4v) is 0.495. The largest absolute Gasteiger partial charge is 0.741 e. The molecule has 1 aromatic rings. The number of rotatable bonds is 0. The molecule has 9 heteroatoms. The van der Waals surface area contributed by atoms with E-state index in [2.05, 4.69) is 4.98 Å². The van der Waals surface area contributed by atoms with E-state index < -0.39 is 15.6 Å². The maximum Gasteiger partial charge on any atom is 0.485 e. The molecule has 0 atom stereocenters. The Kier molecular flexibility index (Phi) is 4.87. The molecule has 0 aliphatic heterocycles. The predicted octanol–water partition coefficient (Wildman–Crippen LogP) is 2.22. The summed E-state index contributed by atoms with van der Waals surface area (Å²) in [5.41, 5.74) is -5.06. The van der Waals surface area contributed by atoms with Crippen molar-refractivity contribution in [2.24, 2.45) is 0 Å². The van der Waals surface area contributed by atoms with Crippen LogP contribution in [0.3, 0.4) is 0 Å². The second-order valence-corrected chi connectivity index (χ2v) is 3.71. The lowest BCUT2D eigenvalue weighted by Gasteiger charge is -2.08. The van der Waals surface area contributed by atoms with Crippen molar-refractivity contribution >= 4 is 15.8 Å². The molecular weight excluding hydrogens is 249 g/mol. The molecule has 0 saturated heterocycles. The summed E-state index contributed by atoms with van der Waals surface area (Å²) in [4.78, 5) is 2.97. The molecule has 1 rings (SSSR count). The third-order valence-corrected chi connectivity index (χ3v) is 1.72. The van der Waals surface area contributed by atoms with Crippen LogP contribution >= 0.6 is 0 Å². The molecule has 0 bridgehead atoms. The van der Waals surface area contributed by atoms with Gasteiger partial charge in [-0.05, 0) is 0 Å². The van der Waals surface area contributed by atoms with Crippen LogP contribution < -0.4 is 0 Å². The van der Waals surface area contributed by atoms with Crippen LogP contribution in [0.25, 0.3) is 4.98 Å². The minimum atomic E-state index is -6.09. The summed E-state index contributed by atoms with van der Waals surface area (Å²) in [5.74, 6) is 0. The third kappa shape index (κ3) is 5.28. The van der Waals surface area contributed by atoms with Crippen molar-refractivity contribution in [1.29, 1.82) is 5.39 Å². The van der Waals surface area contributed by atoms with Crippen molar-refractivity contribution in [1.82, 2.24) is 0 Å². The van der Waals surface area contributed by atoms with Crippen LogP contribution in [0.4, 0.5) is 18.9 Å². The van der Waals surface area contributed by atoms with Gasteiger partial charge in [-0.1, -0.05) is 18.2 Å². The Balaban J connectivity index is 0.000000281. The van der Waals surface area contributed by atoms with E-state index in [4.69, 9.17) is 18.4 Å². The van der Waals surface area contributed by atoms with Crippen molar-refractivity contribution in [3.05, 3.63) is 35.3 Å². The molecule has 5 nitrogen and oxygen atoms in total. The topological polar surface area (TPSA) is 85.3 Å². The summed E-state index contributed by atoms with van der Waals surface area (Å²) in [6, 6.07) is 8.94. The molecule has 0 amide bonds. The Morgan fingerprint density at radius 2 is 1.56 bits per heavy atom. The Bertz CT molecular complexity index is 464. The van der Waals surface area contributed by atoms with E-state index in [1.54, 1.807) is 12.1 Å². The zero-order chi connectivity index (χ0) is 12.8. The first-order chi connectivity index (χ1) is 7.18. The summed E-state index contributed by atoms with van der Waals surface area (Å²) in [5, 5.41) is 8.16. The molecule has 0 aliphatic carbocycles. The van der Waals surface area contributed by atoms with E-state index in [0.717, 1.165) is 0 Å². The molecule has 16 heavy (non-hydrogen) atoms. The quantitative estimate of drug-likeness (QED) is 0.403. The van der Waals surface area contributed by atoms with E-state index in [1.165, 1.54) is 0 Å². The van der Waals surface area contributed by atoms with Gasteiger partial charge in [-0.15, -0.1) is 0 Å². The highest BCUT2D eigenvalue weighted by Crippen LogP contribution is 2.20. The highest BCUT2D eigenvalue weighted by atomic mass is 32.2. The zero-order valence-electron chi connectivity index (χ0n) is 7.55. The SMILES string of the molecule is N#[N+]c1ccccc1.O=S(=O)([O-])C(F)(F)F. The summed E-state index contributed by atoms with van der Waals surface area (Å²) < 4.78 is 58.9. The molecule has 0 heterocycles. The Morgan fingerprint density at radius 3 is 1.75 bits per heavy atom. The lowest BCUT2D eigenvalue weighted by atomic mass is 10.3. The lowest BCUT2D eigenvalue weighted by molar-refractivity contribution is -0.0517. The Labute approximate surface area is 88.9 Å². The number of hydrogen-bond donors (Lipinski definition) is 0. The van der Waals surface area contributed by atoms with Crippen molar-refractivity contribution in [2.75, 3.05) is 0 Å². The van der Waals surface area contributed by atoms with E-state index in [-0.39, 0.29) is 0 Å². The van der Waals surface area contributed by atoms with E-state index >= 15 is 0 Å². The van der Waals surface area contributed by atoms with Gasteiger partial charge in [0.25, 0.3) is 0 Å². The van der Waals surface area contributed by atoms with E-state index in [0.29, 0.717) is 5.69 Å². The number of hydrogen-bond acceptors (Lipinski definition) is 4. The maximum absolute atomic E-state index is 10.7. The van der Waals surface area contributed by atoms with Gasteiger partial charge in [0.05, 0.1) is 0 Å². The molecule has 0 aromatic heterocycles. The van der Waals surface area contributed by atoms with Crippen molar-refractivity contribution in [3.8, 4) is 0 Å². The number of halogens is 3. The number of diazo groups is 1. The average molecular weight is 254 g/mol. The van der Waals surface area contributed by atoms with Gasteiger partial charge in [-0.25, -0.2) is 8.42 Å². The molecule has 1 aromatic carbocycles. The number of alkyl halides is 3. The van der Waals surface area contributed by atoms with Crippen molar-refractivity contribution < 1.29 is 26.1 Å². The first kappa shape index (κ1) is 14.3. The van der Waals surface area contributed by atoms with Crippen LogP contribution in [0.1, 0.15) is 0 Å². The summed E-state index contributed by atoms with van der Waals surface area (Å²) in [6.07, 6.45) is 0. The molecular formula is C7H5F3N2O3S. The van der Waals surface area contributed by atoms with Gasteiger partial charge in [0, 0.05) is 12.1 Å². The van der Waals surface area contributed by atoms with Gasteiger partial charge in [0.1, 0.15) is 0 Å². The third-order valence-electron chi connectivity index (χ3n) is 1.16. The van der Waals surface area contributed by atoms with Gasteiger partial charge < -0.3 is 4.55 Å². The van der Waals surface area contributed by atoms with Crippen LogP contribution in [0.5, 0.6) is 0 Å². The van der Waals surface area contributed by atoms with Gasteiger partial charge in [-0.2, -0.15) is 13.2 Å². The molecule has 0 unspecified atom stereocenters. The first-order valence-electron chi connectivity index (χ1n) is 3.61. The fourth-order valence-electron chi connectivity index (χ4n) is 0.495. The summed E-state index contributed by atoms with van der Waals surface area (Å²) >= 11 is 0. The normalized spacial score (nSPS) is 10.9. The molecule has 0 aliphatic rings. The number of benzene rings is 1. The van der Waals surface area contributed by atoms with E-state index in [1.807, 2.05) is 18.2 Å². The van der Waals surface area contributed by atoms with Crippen LogP contribution in [-0.4, -0.2) is 18.5 Å². The van der Waals surface area contributed by atoms with E-state index in [9.17, 15) is 13.2 Å². The van der Waals surface area contributed by atoms with Gasteiger partial charge in [0.15, 0.2) is 15.1 Å². The standard InChI is InChI=1S/C6H5N2.CHF3O3S/c7-8-6-4-2-1-3-5-6;2-1(3,4)8(5,6)7/h1-5H;(H,5,6,7)/q+1;/p-1. The molecule has 0 radical (unpaired) electrons. The molecule has 0 N–H and O–H groups in total. The summed E-state index contributed by atoms with van der Waals surface area (Å²) in [6.45, 7) is 0.